The van der Waals surface area contributed by atoms with Gasteiger partial charge in [-0.3, -0.25) is 0 Å². The van der Waals surface area contributed by atoms with Crippen LogP contribution >= 0.6 is 0 Å². The minimum atomic E-state index is -0.413. The van der Waals surface area contributed by atoms with Crippen LogP contribution in [0.3, 0.4) is 0 Å². The molecule has 5 nitrogen and oxygen atoms in total. The first-order chi connectivity index (χ1) is 12.5. The van der Waals surface area contributed by atoms with Crippen LogP contribution in [0, 0.1) is 13.8 Å². The predicted molar refractivity (Wildman–Crippen MR) is 98.8 cm³/mol. The summed E-state index contributed by atoms with van der Waals surface area (Å²) in [6, 6.07) is 13.7. The van der Waals surface area contributed by atoms with E-state index in [0.29, 0.717) is 16.9 Å². The number of rotatable bonds is 3. The van der Waals surface area contributed by atoms with E-state index in [2.05, 4.69) is 0 Å². The summed E-state index contributed by atoms with van der Waals surface area (Å²) in [5.74, 6) is 0.553. The average Bonchev–Trinajstić information content (AvgIpc) is 2.60. The van der Waals surface area contributed by atoms with Gasteiger partial charge in [-0.15, -0.1) is 0 Å². The first kappa shape index (κ1) is 16.1. The van der Waals surface area contributed by atoms with Crippen molar-refractivity contribution < 1.29 is 13.6 Å². The molecule has 2 aromatic carbocycles. The fourth-order valence-electron chi connectivity index (χ4n) is 2.89. The monoisotopic (exact) mass is 348 g/mol. The van der Waals surface area contributed by atoms with Crippen molar-refractivity contribution in [3.05, 3.63) is 86.1 Å². The normalized spacial score (nSPS) is 11.2. The third kappa shape index (κ3) is 2.99. The van der Waals surface area contributed by atoms with E-state index in [4.69, 9.17) is 13.6 Å². The molecule has 0 N–H and O–H groups in total. The Hall–Kier alpha value is -3.34. The summed E-state index contributed by atoms with van der Waals surface area (Å²) in [7, 11) is 0. The van der Waals surface area contributed by atoms with Crippen LogP contribution in [0.2, 0.25) is 0 Å². The summed E-state index contributed by atoms with van der Waals surface area (Å²) < 4.78 is 16.3. The molecule has 0 atom stereocenters. The molecule has 0 saturated carbocycles. The number of hydrogen-bond donors (Lipinski definition) is 0. The summed E-state index contributed by atoms with van der Waals surface area (Å²) in [5.41, 5.74) is 3.09. The Morgan fingerprint density at radius 3 is 2.38 bits per heavy atom. The number of fused-ring (bicyclic) bond motifs is 2. The van der Waals surface area contributed by atoms with E-state index in [1.807, 2.05) is 32.0 Å². The van der Waals surface area contributed by atoms with Gasteiger partial charge in [-0.2, -0.15) is 0 Å². The van der Waals surface area contributed by atoms with Crippen molar-refractivity contribution >= 4 is 21.9 Å². The van der Waals surface area contributed by atoms with Crippen LogP contribution in [0.4, 0.5) is 0 Å². The van der Waals surface area contributed by atoms with E-state index in [-0.39, 0.29) is 6.61 Å². The number of aryl methyl sites for hydroxylation is 2. The summed E-state index contributed by atoms with van der Waals surface area (Å²) in [4.78, 5) is 23.2. The maximum Gasteiger partial charge on any atom is 0.336 e. The molecule has 26 heavy (non-hydrogen) atoms. The molecular formula is C21H16O5. The lowest BCUT2D eigenvalue weighted by Gasteiger charge is -2.10. The Kier molecular flexibility index (Phi) is 3.84. The molecule has 0 aliphatic heterocycles. The van der Waals surface area contributed by atoms with Gasteiger partial charge in [-0.1, -0.05) is 0 Å². The van der Waals surface area contributed by atoms with Crippen molar-refractivity contribution in [1.82, 2.24) is 0 Å². The second-order valence-electron chi connectivity index (χ2n) is 6.27. The minimum Gasteiger partial charge on any atom is -0.489 e. The zero-order chi connectivity index (χ0) is 18.3. The van der Waals surface area contributed by atoms with E-state index in [1.54, 1.807) is 18.2 Å². The SMILES string of the molecule is Cc1cc2oc(=O)cc(COc3ccc4ccc(=O)oc4c3)c2cc1C. The summed E-state index contributed by atoms with van der Waals surface area (Å²) in [5, 5.41) is 1.66. The first-order valence-corrected chi connectivity index (χ1v) is 8.20. The molecule has 0 unspecified atom stereocenters. The molecule has 0 bridgehead atoms. The lowest BCUT2D eigenvalue weighted by molar-refractivity contribution is 0.306. The van der Waals surface area contributed by atoms with E-state index >= 15 is 0 Å². The molecule has 0 amide bonds. The summed E-state index contributed by atoms with van der Waals surface area (Å²) in [6.45, 7) is 4.18. The fraction of sp³-hybridized carbons (Fsp3) is 0.143. The van der Waals surface area contributed by atoms with Crippen LogP contribution in [-0.4, -0.2) is 0 Å². The summed E-state index contributed by atoms with van der Waals surface area (Å²) >= 11 is 0. The Bertz CT molecular complexity index is 1250. The van der Waals surface area contributed by atoms with Gasteiger partial charge in [0.05, 0.1) is 0 Å². The molecule has 0 radical (unpaired) electrons. The molecule has 0 saturated heterocycles. The Labute approximate surface area is 148 Å². The van der Waals surface area contributed by atoms with Gasteiger partial charge in [0.15, 0.2) is 0 Å². The second kappa shape index (κ2) is 6.19. The maximum absolute atomic E-state index is 11.9. The third-order valence-corrected chi connectivity index (χ3v) is 4.43. The number of hydrogen-bond acceptors (Lipinski definition) is 5. The van der Waals surface area contributed by atoms with Gasteiger partial charge >= 0.3 is 11.3 Å². The standard InChI is InChI=1S/C21H16O5/c1-12-7-17-15(9-21(23)26-19(17)8-13(12)2)11-24-16-5-3-14-4-6-20(22)25-18(14)10-16/h3-10H,11H2,1-2H3. The molecule has 130 valence electrons. The van der Waals surface area contributed by atoms with E-state index in [0.717, 1.165) is 27.5 Å². The zero-order valence-electron chi connectivity index (χ0n) is 14.4. The number of ether oxygens (including phenoxy) is 1. The van der Waals surface area contributed by atoms with E-state index in [9.17, 15) is 9.59 Å². The molecule has 4 rings (SSSR count). The highest BCUT2D eigenvalue weighted by molar-refractivity contribution is 5.82. The Morgan fingerprint density at radius 1 is 0.808 bits per heavy atom. The average molecular weight is 348 g/mol. The minimum absolute atomic E-state index is 0.202. The van der Waals surface area contributed by atoms with Crippen molar-refractivity contribution in [3.63, 3.8) is 0 Å². The van der Waals surface area contributed by atoms with E-state index < -0.39 is 11.3 Å². The highest BCUT2D eigenvalue weighted by Crippen LogP contribution is 2.24. The largest absolute Gasteiger partial charge is 0.489 e. The van der Waals surface area contributed by atoms with Gasteiger partial charge in [0.2, 0.25) is 0 Å². The molecule has 0 fully saturated rings. The lowest BCUT2D eigenvalue weighted by atomic mass is 10.0. The quantitative estimate of drug-likeness (QED) is 0.522. The van der Waals surface area contributed by atoms with Gasteiger partial charge in [0.25, 0.3) is 0 Å². The molecule has 4 aromatic rings. The maximum atomic E-state index is 11.9. The molecule has 0 aliphatic carbocycles. The van der Waals surface area contributed by atoms with Gasteiger partial charge in [-0.25, -0.2) is 9.59 Å². The van der Waals surface area contributed by atoms with Crippen LogP contribution in [0.15, 0.2) is 67.0 Å². The van der Waals surface area contributed by atoms with Crippen molar-refractivity contribution in [2.24, 2.45) is 0 Å². The highest BCUT2D eigenvalue weighted by atomic mass is 16.5. The van der Waals surface area contributed by atoms with Crippen LogP contribution in [0.25, 0.3) is 21.9 Å². The van der Waals surface area contributed by atoms with Crippen LogP contribution in [0.1, 0.15) is 16.7 Å². The van der Waals surface area contributed by atoms with Crippen molar-refractivity contribution in [3.8, 4) is 5.75 Å². The number of benzene rings is 2. The smallest absolute Gasteiger partial charge is 0.336 e. The predicted octanol–water partition coefficient (Wildman–Crippen LogP) is 4.10. The van der Waals surface area contributed by atoms with Crippen LogP contribution < -0.4 is 16.0 Å². The van der Waals surface area contributed by atoms with Crippen molar-refractivity contribution in [2.75, 3.05) is 0 Å². The molecule has 2 heterocycles. The van der Waals surface area contributed by atoms with Crippen molar-refractivity contribution in [1.29, 1.82) is 0 Å². The third-order valence-electron chi connectivity index (χ3n) is 4.43. The van der Waals surface area contributed by atoms with Gasteiger partial charge in [-0.05, 0) is 55.3 Å². The van der Waals surface area contributed by atoms with Crippen LogP contribution in [0.5, 0.6) is 5.75 Å². The summed E-state index contributed by atoms with van der Waals surface area (Å²) in [6.07, 6.45) is 0. The molecule has 2 aromatic heterocycles. The van der Waals surface area contributed by atoms with Gasteiger partial charge < -0.3 is 13.6 Å². The van der Waals surface area contributed by atoms with Crippen molar-refractivity contribution in [2.45, 2.75) is 20.5 Å². The zero-order valence-corrected chi connectivity index (χ0v) is 14.4. The van der Waals surface area contributed by atoms with E-state index in [1.165, 1.54) is 12.1 Å². The molecule has 0 aliphatic rings. The molecule has 5 heteroatoms. The van der Waals surface area contributed by atoms with Gasteiger partial charge in [0, 0.05) is 34.5 Å². The molecular weight excluding hydrogens is 332 g/mol. The first-order valence-electron chi connectivity index (χ1n) is 8.20. The lowest BCUT2D eigenvalue weighted by Crippen LogP contribution is -2.04. The second-order valence-corrected chi connectivity index (χ2v) is 6.27. The Morgan fingerprint density at radius 2 is 1.54 bits per heavy atom. The highest BCUT2D eigenvalue weighted by Gasteiger charge is 2.09. The Balaban J connectivity index is 1.70. The van der Waals surface area contributed by atoms with Crippen LogP contribution in [-0.2, 0) is 6.61 Å². The molecule has 0 spiro atoms. The van der Waals surface area contributed by atoms with Gasteiger partial charge in [0.1, 0.15) is 23.5 Å². The fourth-order valence-corrected chi connectivity index (χ4v) is 2.89. The topological polar surface area (TPSA) is 69.7 Å².